The third-order valence-electron chi connectivity index (χ3n) is 3.58. The highest BCUT2D eigenvalue weighted by molar-refractivity contribution is 5.34. The molecule has 19 heavy (non-hydrogen) atoms. The molecule has 1 aromatic rings. The van der Waals surface area contributed by atoms with E-state index in [1.165, 1.54) is 16.7 Å². The minimum absolute atomic E-state index is 0.215. The highest BCUT2D eigenvalue weighted by Crippen LogP contribution is 2.24. The number of likely N-dealkylation sites (N-methyl/N-ethyl adjacent to an activating group) is 1. The molecule has 0 saturated heterocycles. The zero-order valence-corrected chi connectivity index (χ0v) is 13.0. The van der Waals surface area contributed by atoms with Crippen molar-refractivity contribution in [1.82, 2.24) is 4.90 Å². The number of rotatable bonds is 5. The summed E-state index contributed by atoms with van der Waals surface area (Å²) in [6.45, 7) is 10.8. The second kappa shape index (κ2) is 6.73. The van der Waals surface area contributed by atoms with Crippen LogP contribution in [-0.4, -0.2) is 25.0 Å². The molecule has 0 amide bonds. The van der Waals surface area contributed by atoms with E-state index >= 15 is 0 Å². The molecule has 1 aromatic carbocycles. The molecule has 0 unspecified atom stereocenters. The van der Waals surface area contributed by atoms with Gasteiger partial charge in [0.05, 0.1) is 6.07 Å². The summed E-state index contributed by atoms with van der Waals surface area (Å²) in [5.41, 5.74) is 4.40. The van der Waals surface area contributed by atoms with E-state index in [1.54, 1.807) is 0 Å². The van der Waals surface area contributed by atoms with Crippen molar-refractivity contribution < 1.29 is 0 Å². The molecule has 104 valence electrons. The van der Waals surface area contributed by atoms with E-state index in [4.69, 9.17) is 5.26 Å². The molecule has 1 rings (SSSR count). The van der Waals surface area contributed by atoms with Crippen LogP contribution in [0.5, 0.6) is 0 Å². The van der Waals surface area contributed by atoms with Gasteiger partial charge < -0.3 is 4.90 Å². The zero-order valence-electron chi connectivity index (χ0n) is 13.0. The van der Waals surface area contributed by atoms with Crippen LogP contribution in [0.3, 0.4) is 0 Å². The normalized spacial score (nSPS) is 11.6. The summed E-state index contributed by atoms with van der Waals surface area (Å²) in [4.78, 5) is 2.22. The summed E-state index contributed by atoms with van der Waals surface area (Å²) in [6, 6.07) is 9.01. The van der Waals surface area contributed by atoms with Crippen molar-refractivity contribution in [3.8, 4) is 6.07 Å². The summed E-state index contributed by atoms with van der Waals surface area (Å²) >= 11 is 0. The van der Waals surface area contributed by atoms with Gasteiger partial charge in [-0.2, -0.15) is 5.26 Å². The molecular weight excluding hydrogens is 232 g/mol. The Morgan fingerprint density at radius 1 is 1.21 bits per heavy atom. The first kappa shape index (κ1) is 15.7. The fraction of sp³-hybridized carbons (Fsp3) is 0.588. The lowest BCUT2D eigenvalue weighted by atomic mass is 9.85. The largest absolute Gasteiger partial charge is 0.305 e. The Kier molecular flexibility index (Phi) is 5.57. The molecule has 0 spiro atoms. The Balaban J connectivity index is 2.63. The van der Waals surface area contributed by atoms with Crippen molar-refractivity contribution in [3.05, 3.63) is 34.9 Å². The van der Waals surface area contributed by atoms with E-state index in [0.717, 1.165) is 19.5 Å². The predicted octanol–water partition coefficient (Wildman–Crippen LogP) is 3.68. The molecule has 0 bridgehead atoms. The Labute approximate surface area is 118 Å². The van der Waals surface area contributed by atoms with Crippen LogP contribution in [-0.2, 0) is 11.8 Å². The summed E-state index contributed by atoms with van der Waals surface area (Å²) in [5.74, 6) is 0. The maximum atomic E-state index is 8.57. The molecule has 0 fully saturated rings. The number of nitriles is 1. The number of benzene rings is 1. The van der Waals surface area contributed by atoms with Crippen molar-refractivity contribution in [2.45, 2.75) is 46.0 Å². The van der Waals surface area contributed by atoms with Crippen molar-refractivity contribution in [2.24, 2.45) is 0 Å². The Morgan fingerprint density at radius 2 is 1.89 bits per heavy atom. The minimum atomic E-state index is 0.215. The highest BCUT2D eigenvalue weighted by atomic mass is 15.1. The quantitative estimate of drug-likeness (QED) is 0.805. The molecule has 0 aliphatic heterocycles. The smallest absolute Gasteiger partial charge is 0.0635 e. The minimum Gasteiger partial charge on any atom is -0.305 e. The van der Waals surface area contributed by atoms with E-state index in [-0.39, 0.29) is 5.41 Å². The molecule has 2 nitrogen and oxygen atoms in total. The van der Waals surface area contributed by atoms with Crippen LogP contribution in [0.1, 0.15) is 43.9 Å². The van der Waals surface area contributed by atoms with Gasteiger partial charge in [0.2, 0.25) is 0 Å². The monoisotopic (exact) mass is 258 g/mol. The van der Waals surface area contributed by atoms with Gasteiger partial charge in [0.25, 0.3) is 0 Å². The summed E-state index contributed by atoms with van der Waals surface area (Å²) in [7, 11) is 2.08. The van der Waals surface area contributed by atoms with Crippen LogP contribution in [0, 0.1) is 18.3 Å². The number of hydrogen-bond donors (Lipinski definition) is 0. The molecule has 0 atom stereocenters. The Hall–Kier alpha value is -1.33. The Morgan fingerprint density at radius 3 is 2.42 bits per heavy atom. The van der Waals surface area contributed by atoms with E-state index in [1.807, 2.05) is 0 Å². The van der Waals surface area contributed by atoms with Gasteiger partial charge >= 0.3 is 0 Å². The second-order valence-electron chi connectivity index (χ2n) is 6.35. The van der Waals surface area contributed by atoms with Crippen molar-refractivity contribution in [2.75, 3.05) is 20.1 Å². The van der Waals surface area contributed by atoms with Crippen LogP contribution in [0.15, 0.2) is 18.2 Å². The van der Waals surface area contributed by atoms with E-state index in [2.05, 4.69) is 63.9 Å². The van der Waals surface area contributed by atoms with Crippen molar-refractivity contribution in [3.63, 3.8) is 0 Å². The van der Waals surface area contributed by atoms with Gasteiger partial charge in [-0.25, -0.2) is 0 Å². The Bertz CT molecular complexity index is 449. The lowest BCUT2D eigenvalue weighted by molar-refractivity contribution is 0.346. The summed E-state index contributed by atoms with van der Waals surface area (Å²) in [5, 5.41) is 8.57. The maximum absolute atomic E-state index is 8.57. The van der Waals surface area contributed by atoms with Crippen LogP contribution in [0.25, 0.3) is 0 Å². The predicted molar refractivity (Wildman–Crippen MR) is 81.3 cm³/mol. The third-order valence-corrected chi connectivity index (χ3v) is 3.58. The van der Waals surface area contributed by atoms with Gasteiger partial charge in [0.1, 0.15) is 0 Å². The number of hydrogen-bond acceptors (Lipinski definition) is 2. The third kappa shape index (κ3) is 5.04. The SMILES string of the molecule is Cc1cc(C(C)(C)C)ccc1CCN(C)CCC#N. The number of aryl methyl sites for hydroxylation is 1. The zero-order chi connectivity index (χ0) is 14.5. The van der Waals surface area contributed by atoms with Gasteiger partial charge in [-0.15, -0.1) is 0 Å². The van der Waals surface area contributed by atoms with Crippen LogP contribution < -0.4 is 0 Å². The van der Waals surface area contributed by atoms with Crippen LogP contribution in [0.4, 0.5) is 0 Å². The van der Waals surface area contributed by atoms with Crippen molar-refractivity contribution >= 4 is 0 Å². The molecule has 0 radical (unpaired) electrons. The fourth-order valence-electron chi connectivity index (χ4n) is 2.11. The molecular formula is C17H26N2. The van der Waals surface area contributed by atoms with E-state index < -0.39 is 0 Å². The average Bonchev–Trinajstić information content (AvgIpc) is 2.33. The molecule has 0 aromatic heterocycles. The molecule has 0 aliphatic rings. The molecule has 0 N–H and O–H groups in total. The lowest BCUT2D eigenvalue weighted by Crippen LogP contribution is -2.22. The first-order chi connectivity index (χ1) is 8.84. The topological polar surface area (TPSA) is 27.0 Å². The summed E-state index contributed by atoms with van der Waals surface area (Å²) in [6.07, 6.45) is 1.66. The van der Waals surface area contributed by atoms with Gasteiger partial charge in [0, 0.05) is 19.5 Å². The second-order valence-corrected chi connectivity index (χ2v) is 6.35. The average molecular weight is 258 g/mol. The fourth-order valence-corrected chi connectivity index (χ4v) is 2.11. The lowest BCUT2D eigenvalue weighted by Gasteiger charge is -2.21. The van der Waals surface area contributed by atoms with E-state index in [0.29, 0.717) is 6.42 Å². The van der Waals surface area contributed by atoms with Crippen LogP contribution in [0.2, 0.25) is 0 Å². The molecule has 2 heteroatoms. The van der Waals surface area contributed by atoms with Crippen LogP contribution >= 0.6 is 0 Å². The first-order valence-electron chi connectivity index (χ1n) is 7.00. The number of nitrogens with zero attached hydrogens (tertiary/aromatic N) is 2. The molecule has 0 saturated carbocycles. The first-order valence-corrected chi connectivity index (χ1v) is 7.00. The molecule has 0 aliphatic carbocycles. The maximum Gasteiger partial charge on any atom is 0.0635 e. The molecule has 0 heterocycles. The van der Waals surface area contributed by atoms with Gasteiger partial charge in [-0.05, 0) is 42.5 Å². The summed E-state index contributed by atoms with van der Waals surface area (Å²) < 4.78 is 0. The highest BCUT2D eigenvalue weighted by Gasteiger charge is 2.14. The van der Waals surface area contributed by atoms with Gasteiger partial charge in [0.15, 0.2) is 0 Å². The van der Waals surface area contributed by atoms with Gasteiger partial charge in [-0.1, -0.05) is 39.0 Å². The van der Waals surface area contributed by atoms with Crippen molar-refractivity contribution in [1.29, 1.82) is 5.26 Å². The van der Waals surface area contributed by atoms with E-state index in [9.17, 15) is 0 Å². The standard InChI is InChI=1S/C17H26N2/c1-14-13-16(17(2,3)4)8-7-15(14)9-12-19(5)11-6-10-18/h7-8,13H,6,9,11-12H2,1-5H3. The van der Waals surface area contributed by atoms with Gasteiger partial charge in [-0.3, -0.25) is 0 Å².